The Morgan fingerprint density at radius 2 is 1.92 bits per heavy atom. The lowest BCUT2D eigenvalue weighted by Gasteiger charge is -2.36. The molecule has 0 spiro atoms. The number of carbonyl (C=O) groups is 1. The molecule has 3 heterocycles. The molecule has 4 rings (SSSR count). The van der Waals surface area contributed by atoms with Gasteiger partial charge in [0.25, 0.3) is 5.91 Å². The number of anilines is 1. The first kappa shape index (κ1) is 15.7. The van der Waals surface area contributed by atoms with Crippen LogP contribution in [0.5, 0.6) is 5.75 Å². The van der Waals surface area contributed by atoms with E-state index in [-0.39, 0.29) is 11.7 Å². The molecular formula is C18H17N3O3S. The number of hydrogen-bond donors (Lipinski definition) is 1. The van der Waals surface area contributed by atoms with Crippen LogP contribution in [0.1, 0.15) is 10.5 Å². The van der Waals surface area contributed by atoms with E-state index >= 15 is 0 Å². The van der Waals surface area contributed by atoms with Crippen LogP contribution in [-0.2, 0) is 0 Å². The predicted octanol–water partition coefficient (Wildman–Crippen LogP) is 3.07. The molecule has 0 bridgehead atoms. The minimum atomic E-state index is -0.0639. The van der Waals surface area contributed by atoms with E-state index < -0.39 is 0 Å². The summed E-state index contributed by atoms with van der Waals surface area (Å²) >= 11 is 1.40. The van der Waals surface area contributed by atoms with Crippen LogP contribution in [0.3, 0.4) is 0 Å². The molecule has 1 saturated heterocycles. The van der Waals surface area contributed by atoms with Gasteiger partial charge in [-0.1, -0.05) is 12.1 Å². The molecule has 2 aromatic heterocycles. The smallest absolute Gasteiger partial charge is 0.273 e. The lowest BCUT2D eigenvalue weighted by atomic mass is 10.2. The molecule has 7 heteroatoms. The highest BCUT2D eigenvalue weighted by molar-refractivity contribution is 7.13. The average molecular weight is 355 g/mol. The van der Waals surface area contributed by atoms with E-state index in [1.165, 1.54) is 11.3 Å². The number of aromatic hydroxyl groups is 1. The topological polar surface area (TPSA) is 69.8 Å². The van der Waals surface area contributed by atoms with Crippen molar-refractivity contribution in [2.24, 2.45) is 0 Å². The van der Waals surface area contributed by atoms with Crippen molar-refractivity contribution in [3.63, 3.8) is 0 Å². The van der Waals surface area contributed by atoms with Crippen LogP contribution in [0.25, 0.3) is 10.8 Å². The van der Waals surface area contributed by atoms with Crippen LogP contribution in [0, 0.1) is 0 Å². The summed E-state index contributed by atoms with van der Waals surface area (Å²) < 4.78 is 5.33. The molecular weight excluding hydrogens is 338 g/mol. The lowest BCUT2D eigenvalue weighted by Crippen LogP contribution is -2.48. The highest BCUT2D eigenvalue weighted by Gasteiger charge is 2.25. The molecule has 1 aromatic carbocycles. The molecule has 0 aliphatic carbocycles. The molecule has 0 atom stereocenters. The second-order valence-corrected chi connectivity index (χ2v) is 6.64. The summed E-state index contributed by atoms with van der Waals surface area (Å²) in [6, 6.07) is 10.9. The normalized spacial score (nSPS) is 14.7. The maximum atomic E-state index is 12.7. The maximum Gasteiger partial charge on any atom is 0.273 e. The molecule has 1 amide bonds. The Hall–Kier alpha value is -2.80. The Morgan fingerprint density at radius 1 is 1.12 bits per heavy atom. The van der Waals surface area contributed by atoms with E-state index in [0.29, 0.717) is 42.6 Å². The zero-order chi connectivity index (χ0) is 17.2. The fraction of sp³-hybridized carbons (Fsp3) is 0.222. The Morgan fingerprint density at radius 3 is 2.64 bits per heavy atom. The number of furan rings is 1. The number of hydrogen-bond acceptors (Lipinski definition) is 6. The van der Waals surface area contributed by atoms with Crippen molar-refractivity contribution in [2.75, 3.05) is 31.1 Å². The number of rotatable bonds is 3. The van der Waals surface area contributed by atoms with Gasteiger partial charge in [0.2, 0.25) is 0 Å². The summed E-state index contributed by atoms with van der Waals surface area (Å²) in [7, 11) is 0. The number of nitrogens with zero attached hydrogens (tertiary/aromatic N) is 3. The van der Waals surface area contributed by atoms with Gasteiger partial charge in [-0.3, -0.25) is 4.79 Å². The van der Waals surface area contributed by atoms with Crippen LogP contribution in [0.2, 0.25) is 0 Å². The summed E-state index contributed by atoms with van der Waals surface area (Å²) in [5.74, 6) is 0.879. The fourth-order valence-electron chi connectivity index (χ4n) is 2.93. The minimum Gasteiger partial charge on any atom is -0.506 e. The number of phenolic OH excluding ortho intramolecular Hbond substituents is 1. The van der Waals surface area contributed by atoms with Crippen LogP contribution in [-0.4, -0.2) is 47.1 Å². The molecule has 0 radical (unpaired) electrons. The van der Waals surface area contributed by atoms with Gasteiger partial charge >= 0.3 is 0 Å². The zero-order valence-corrected chi connectivity index (χ0v) is 14.3. The molecule has 1 N–H and O–H groups in total. The van der Waals surface area contributed by atoms with Gasteiger partial charge in [-0.25, -0.2) is 4.98 Å². The Bertz CT molecular complexity index is 867. The third-order valence-corrected chi connectivity index (χ3v) is 5.10. The van der Waals surface area contributed by atoms with Gasteiger partial charge < -0.3 is 19.3 Å². The Kier molecular flexibility index (Phi) is 4.15. The van der Waals surface area contributed by atoms with Gasteiger partial charge in [0.15, 0.2) is 10.8 Å². The van der Waals surface area contributed by atoms with E-state index in [1.807, 2.05) is 18.2 Å². The SMILES string of the molecule is O=C(c1csc(-c2ccco2)n1)N1CCN(c2ccccc2O)CC1. The first-order valence-electron chi connectivity index (χ1n) is 8.04. The van der Waals surface area contributed by atoms with Gasteiger partial charge in [-0.2, -0.15) is 0 Å². The highest BCUT2D eigenvalue weighted by atomic mass is 32.1. The van der Waals surface area contributed by atoms with Crippen molar-refractivity contribution in [3.05, 3.63) is 53.7 Å². The standard InChI is InChI=1S/C18H17N3O3S/c22-15-5-2-1-4-14(15)20-7-9-21(10-8-20)18(23)13-12-25-17(19-13)16-6-3-11-24-16/h1-6,11-12,22H,7-10H2. The second kappa shape index (κ2) is 6.60. The largest absolute Gasteiger partial charge is 0.506 e. The molecule has 1 fully saturated rings. The molecule has 1 aliphatic heterocycles. The molecule has 25 heavy (non-hydrogen) atoms. The van der Waals surface area contributed by atoms with Gasteiger partial charge in [-0.15, -0.1) is 11.3 Å². The van der Waals surface area contributed by atoms with Crippen LogP contribution in [0.15, 0.2) is 52.5 Å². The summed E-state index contributed by atoms with van der Waals surface area (Å²) in [6.45, 7) is 2.55. The molecule has 6 nitrogen and oxygen atoms in total. The predicted molar refractivity (Wildman–Crippen MR) is 96.0 cm³/mol. The summed E-state index contributed by atoms with van der Waals surface area (Å²) in [6.07, 6.45) is 1.59. The minimum absolute atomic E-state index is 0.0639. The molecule has 0 unspecified atom stereocenters. The van der Waals surface area contributed by atoms with Crippen molar-refractivity contribution in [1.29, 1.82) is 0 Å². The van der Waals surface area contributed by atoms with E-state index in [4.69, 9.17) is 4.42 Å². The third kappa shape index (κ3) is 3.10. The molecule has 128 valence electrons. The zero-order valence-electron chi connectivity index (χ0n) is 13.5. The van der Waals surface area contributed by atoms with E-state index in [9.17, 15) is 9.90 Å². The van der Waals surface area contributed by atoms with Crippen molar-refractivity contribution >= 4 is 22.9 Å². The Balaban J connectivity index is 1.42. The van der Waals surface area contributed by atoms with Gasteiger partial charge in [0, 0.05) is 31.6 Å². The number of amides is 1. The number of phenols is 1. The fourth-order valence-corrected chi connectivity index (χ4v) is 3.69. The molecule has 1 aliphatic rings. The first-order valence-corrected chi connectivity index (χ1v) is 8.92. The number of para-hydroxylation sites is 2. The van der Waals surface area contributed by atoms with Gasteiger partial charge in [-0.05, 0) is 24.3 Å². The number of thiazole rings is 1. The number of aromatic nitrogens is 1. The number of carbonyl (C=O) groups excluding carboxylic acids is 1. The monoisotopic (exact) mass is 355 g/mol. The van der Waals surface area contributed by atoms with Crippen LogP contribution in [0.4, 0.5) is 5.69 Å². The summed E-state index contributed by atoms with van der Waals surface area (Å²) in [5.41, 5.74) is 1.26. The molecule has 0 saturated carbocycles. The maximum absolute atomic E-state index is 12.7. The van der Waals surface area contributed by atoms with Crippen molar-refractivity contribution < 1.29 is 14.3 Å². The van der Waals surface area contributed by atoms with E-state index in [0.717, 1.165) is 5.69 Å². The van der Waals surface area contributed by atoms with Crippen molar-refractivity contribution in [3.8, 4) is 16.5 Å². The summed E-state index contributed by atoms with van der Waals surface area (Å²) in [5, 5.41) is 12.5. The highest BCUT2D eigenvalue weighted by Crippen LogP contribution is 2.28. The van der Waals surface area contributed by atoms with Crippen molar-refractivity contribution in [1.82, 2.24) is 9.88 Å². The first-order chi connectivity index (χ1) is 12.2. The molecule has 3 aromatic rings. The summed E-state index contributed by atoms with van der Waals surface area (Å²) in [4.78, 5) is 21.0. The number of benzene rings is 1. The van der Waals surface area contributed by atoms with Crippen LogP contribution >= 0.6 is 11.3 Å². The van der Waals surface area contributed by atoms with Crippen LogP contribution < -0.4 is 4.90 Å². The van der Waals surface area contributed by atoms with E-state index in [2.05, 4.69) is 9.88 Å². The third-order valence-electron chi connectivity index (χ3n) is 4.24. The Labute approximate surface area is 148 Å². The van der Waals surface area contributed by atoms with E-state index in [1.54, 1.807) is 34.7 Å². The second-order valence-electron chi connectivity index (χ2n) is 5.78. The lowest BCUT2D eigenvalue weighted by molar-refractivity contribution is 0.0741. The average Bonchev–Trinajstić information content (AvgIpc) is 3.33. The van der Waals surface area contributed by atoms with Crippen molar-refractivity contribution in [2.45, 2.75) is 0 Å². The van der Waals surface area contributed by atoms with Gasteiger partial charge in [0.1, 0.15) is 11.4 Å². The quantitative estimate of drug-likeness (QED) is 0.782. The van der Waals surface area contributed by atoms with Gasteiger partial charge in [0.05, 0.1) is 12.0 Å². The number of piperazine rings is 1.